The molecule has 0 aliphatic carbocycles. The highest BCUT2D eigenvalue weighted by Gasteiger charge is 2.52. The van der Waals surface area contributed by atoms with Gasteiger partial charge < -0.3 is 9.64 Å². The van der Waals surface area contributed by atoms with E-state index in [1.54, 1.807) is 0 Å². The minimum absolute atomic E-state index is 0.0492. The van der Waals surface area contributed by atoms with Crippen LogP contribution in [0.25, 0.3) is 10.9 Å². The second-order valence-corrected chi connectivity index (χ2v) is 7.75. The number of piperidine rings is 1. The van der Waals surface area contributed by atoms with E-state index in [1.165, 1.54) is 5.39 Å². The number of para-hydroxylation sites is 1. The fourth-order valence-electron chi connectivity index (χ4n) is 4.78. The molecule has 1 N–H and O–H groups in total. The van der Waals surface area contributed by atoms with E-state index in [2.05, 4.69) is 33.3 Å². The molecule has 6 nitrogen and oxygen atoms in total. The molecule has 144 valence electrons. The number of likely N-dealkylation sites (tertiary alicyclic amines) is 1. The van der Waals surface area contributed by atoms with Gasteiger partial charge in [-0.2, -0.15) is 5.10 Å². The Balaban J connectivity index is 1.44. The molecule has 6 heteroatoms. The van der Waals surface area contributed by atoms with Crippen molar-refractivity contribution in [2.24, 2.45) is 0 Å². The summed E-state index contributed by atoms with van der Waals surface area (Å²) in [6.07, 6.45) is 0.788. The Morgan fingerprint density at radius 3 is 2.82 bits per heavy atom. The Morgan fingerprint density at radius 2 is 1.96 bits per heavy atom. The van der Waals surface area contributed by atoms with E-state index in [-0.39, 0.29) is 18.6 Å². The molecule has 2 atom stereocenters. The molecular weight excluding hydrogens is 352 g/mol. The minimum Gasteiger partial charge on any atom is -0.364 e. The number of aromatic amines is 1. The number of morpholine rings is 1. The molecule has 0 spiro atoms. The number of nitrogens with one attached hydrogen (secondary N) is 1. The zero-order chi connectivity index (χ0) is 19.1. The first-order valence-corrected chi connectivity index (χ1v) is 9.76. The summed E-state index contributed by atoms with van der Waals surface area (Å²) in [6, 6.07) is 18.5. The number of rotatable bonds is 3. The summed E-state index contributed by atoms with van der Waals surface area (Å²) >= 11 is 0. The summed E-state index contributed by atoms with van der Waals surface area (Å²) in [4.78, 5) is 16.8. The number of H-pyrrole nitrogens is 1. The van der Waals surface area contributed by atoms with Gasteiger partial charge in [-0.25, -0.2) is 0 Å². The number of ether oxygens (including phenoxy) is 1. The summed E-state index contributed by atoms with van der Waals surface area (Å²) in [5.74, 6) is 0.0492. The molecule has 3 heterocycles. The lowest BCUT2D eigenvalue weighted by atomic mass is 9.76. The maximum absolute atomic E-state index is 12.5. The number of nitrogens with zero attached hydrogens (tertiary/aromatic N) is 3. The van der Waals surface area contributed by atoms with Gasteiger partial charge in [0.25, 0.3) is 0 Å². The van der Waals surface area contributed by atoms with Crippen LogP contribution >= 0.6 is 0 Å². The average molecular weight is 376 g/mol. The van der Waals surface area contributed by atoms with E-state index in [0.29, 0.717) is 0 Å². The van der Waals surface area contributed by atoms with Gasteiger partial charge in [-0.05, 0) is 18.1 Å². The molecule has 0 radical (unpaired) electrons. The summed E-state index contributed by atoms with van der Waals surface area (Å²) in [5, 5.41) is 8.77. The third-order valence-electron chi connectivity index (χ3n) is 6.34. The van der Waals surface area contributed by atoms with Gasteiger partial charge in [-0.15, -0.1) is 0 Å². The first-order valence-electron chi connectivity index (χ1n) is 9.76. The van der Waals surface area contributed by atoms with Crippen LogP contribution in [-0.4, -0.2) is 58.8 Å². The number of amides is 1. The fourth-order valence-corrected chi connectivity index (χ4v) is 4.78. The van der Waals surface area contributed by atoms with Crippen LogP contribution in [0.5, 0.6) is 0 Å². The topological polar surface area (TPSA) is 61.5 Å². The molecule has 5 rings (SSSR count). The SMILES string of the molecule is CN1C(=O)CO[C@@H]2CN(Cc3[nH]nc4ccccc34)CC[C@]21c1ccccc1. The second kappa shape index (κ2) is 6.72. The molecule has 0 bridgehead atoms. The molecule has 1 aromatic heterocycles. The highest BCUT2D eigenvalue weighted by Crippen LogP contribution is 2.42. The summed E-state index contributed by atoms with van der Waals surface area (Å²) < 4.78 is 6.10. The fraction of sp³-hybridized carbons (Fsp3) is 0.364. The van der Waals surface area contributed by atoms with Crippen molar-refractivity contribution in [1.82, 2.24) is 20.0 Å². The Bertz CT molecular complexity index is 1000. The molecule has 0 saturated carbocycles. The van der Waals surface area contributed by atoms with E-state index in [1.807, 2.05) is 48.3 Å². The standard InChI is InChI=1S/C22H24N4O2/c1-25-21(27)15-28-20-14-26(12-11-22(20,25)16-7-3-2-4-8-16)13-19-17-9-5-6-10-18(17)23-24-19/h2-10,20H,11-15H2,1H3,(H,23,24)/t20-,22+/m1/s1. The third kappa shape index (κ3) is 2.64. The zero-order valence-corrected chi connectivity index (χ0v) is 16.0. The number of hydrogen-bond acceptors (Lipinski definition) is 4. The van der Waals surface area contributed by atoms with Gasteiger partial charge in [0.1, 0.15) is 6.61 Å². The number of benzene rings is 2. The van der Waals surface area contributed by atoms with Crippen LogP contribution < -0.4 is 0 Å². The molecular formula is C22H24N4O2. The van der Waals surface area contributed by atoms with Gasteiger partial charge in [-0.3, -0.25) is 14.8 Å². The first kappa shape index (κ1) is 17.4. The number of aromatic nitrogens is 2. The maximum atomic E-state index is 12.5. The average Bonchev–Trinajstić information content (AvgIpc) is 3.15. The van der Waals surface area contributed by atoms with Crippen molar-refractivity contribution >= 4 is 16.8 Å². The van der Waals surface area contributed by atoms with Crippen LogP contribution in [0.4, 0.5) is 0 Å². The van der Waals surface area contributed by atoms with Gasteiger partial charge in [0, 0.05) is 32.1 Å². The zero-order valence-electron chi connectivity index (χ0n) is 16.0. The Hall–Kier alpha value is -2.70. The van der Waals surface area contributed by atoms with Crippen molar-refractivity contribution in [1.29, 1.82) is 0 Å². The smallest absolute Gasteiger partial charge is 0.249 e. The Kier molecular flexibility index (Phi) is 4.18. The van der Waals surface area contributed by atoms with Crippen LogP contribution in [0.15, 0.2) is 54.6 Å². The summed E-state index contributed by atoms with van der Waals surface area (Å²) in [6.45, 7) is 2.61. The third-order valence-corrected chi connectivity index (χ3v) is 6.34. The molecule has 2 aliphatic heterocycles. The highest BCUT2D eigenvalue weighted by molar-refractivity contribution is 5.81. The molecule has 28 heavy (non-hydrogen) atoms. The van der Waals surface area contributed by atoms with Gasteiger partial charge in [0.15, 0.2) is 0 Å². The molecule has 1 amide bonds. The van der Waals surface area contributed by atoms with Crippen LogP contribution in [0.3, 0.4) is 0 Å². The van der Waals surface area contributed by atoms with Crippen LogP contribution in [0.2, 0.25) is 0 Å². The minimum atomic E-state index is -0.400. The van der Waals surface area contributed by atoms with E-state index in [9.17, 15) is 4.79 Å². The van der Waals surface area contributed by atoms with E-state index in [0.717, 1.165) is 42.8 Å². The van der Waals surface area contributed by atoms with Crippen molar-refractivity contribution < 1.29 is 9.53 Å². The predicted molar refractivity (Wildman–Crippen MR) is 107 cm³/mol. The molecule has 3 aromatic rings. The van der Waals surface area contributed by atoms with Gasteiger partial charge >= 0.3 is 0 Å². The molecule has 2 aromatic carbocycles. The lowest BCUT2D eigenvalue weighted by molar-refractivity contribution is -0.183. The van der Waals surface area contributed by atoms with Crippen molar-refractivity contribution in [3.8, 4) is 0 Å². The maximum Gasteiger partial charge on any atom is 0.249 e. The highest BCUT2D eigenvalue weighted by atomic mass is 16.5. The predicted octanol–water partition coefficient (Wildman–Crippen LogP) is 2.52. The number of likely N-dealkylation sites (N-methyl/N-ethyl adjacent to an activating group) is 1. The number of hydrogen-bond donors (Lipinski definition) is 1. The van der Waals surface area contributed by atoms with Gasteiger partial charge in [0.2, 0.25) is 5.91 Å². The summed E-state index contributed by atoms with van der Waals surface area (Å²) in [7, 11) is 1.92. The quantitative estimate of drug-likeness (QED) is 0.763. The Morgan fingerprint density at radius 1 is 1.18 bits per heavy atom. The molecule has 2 aliphatic rings. The van der Waals surface area contributed by atoms with Crippen molar-refractivity contribution in [3.05, 3.63) is 65.9 Å². The Labute approximate surface area is 164 Å². The monoisotopic (exact) mass is 376 g/mol. The normalized spacial score (nSPS) is 25.8. The molecule has 0 unspecified atom stereocenters. The largest absolute Gasteiger partial charge is 0.364 e. The van der Waals surface area contributed by atoms with E-state index in [4.69, 9.17) is 4.74 Å². The van der Waals surface area contributed by atoms with Crippen molar-refractivity contribution in [2.75, 3.05) is 26.7 Å². The van der Waals surface area contributed by atoms with E-state index >= 15 is 0 Å². The van der Waals surface area contributed by atoms with Gasteiger partial charge in [0.05, 0.1) is 22.9 Å². The molecule has 2 saturated heterocycles. The van der Waals surface area contributed by atoms with Gasteiger partial charge in [-0.1, -0.05) is 48.5 Å². The lowest BCUT2D eigenvalue weighted by Gasteiger charge is -2.54. The lowest BCUT2D eigenvalue weighted by Crippen LogP contribution is -2.66. The van der Waals surface area contributed by atoms with E-state index < -0.39 is 5.54 Å². The van der Waals surface area contributed by atoms with Crippen LogP contribution in [0.1, 0.15) is 17.7 Å². The number of carbonyl (C=O) groups is 1. The van der Waals surface area contributed by atoms with Crippen molar-refractivity contribution in [2.45, 2.75) is 24.6 Å². The molecule has 2 fully saturated rings. The summed E-state index contributed by atoms with van der Waals surface area (Å²) in [5.41, 5.74) is 2.88. The van der Waals surface area contributed by atoms with Crippen LogP contribution in [0, 0.1) is 0 Å². The van der Waals surface area contributed by atoms with Crippen LogP contribution in [-0.2, 0) is 21.6 Å². The number of fused-ring (bicyclic) bond motifs is 2. The van der Waals surface area contributed by atoms with Crippen molar-refractivity contribution in [3.63, 3.8) is 0 Å². The first-order chi connectivity index (χ1) is 13.7. The number of carbonyl (C=O) groups excluding carboxylic acids is 1. The second-order valence-electron chi connectivity index (χ2n) is 7.75.